The first-order chi connectivity index (χ1) is 10.4. The monoisotopic (exact) mass is 290 g/mol. The first kappa shape index (κ1) is 19.9. The smallest absolute Gasteiger partial charge is 0.0431 e. The first-order valence-corrected chi connectivity index (χ1v) is 8.62. The van der Waals surface area contributed by atoms with Crippen molar-refractivity contribution in [1.29, 1.82) is 0 Å². The van der Waals surface area contributed by atoms with Crippen LogP contribution in [0.3, 0.4) is 0 Å². The molecule has 0 bridgehead atoms. The van der Waals surface area contributed by atoms with Gasteiger partial charge in [0.2, 0.25) is 0 Å². The van der Waals surface area contributed by atoms with E-state index in [0.717, 1.165) is 38.5 Å². The number of allylic oxidation sites excluding steroid dienone is 8. The van der Waals surface area contributed by atoms with Crippen molar-refractivity contribution in [1.82, 2.24) is 0 Å². The van der Waals surface area contributed by atoms with Gasteiger partial charge in [-0.1, -0.05) is 68.4 Å². The summed E-state index contributed by atoms with van der Waals surface area (Å²) in [6, 6.07) is 0. The Kier molecular flexibility index (Phi) is 17.9. The number of aliphatic hydroxyl groups excluding tert-OH is 1. The topological polar surface area (TPSA) is 20.2 Å². The average Bonchev–Trinajstić information content (AvgIpc) is 2.50. The molecule has 0 spiro atoms. The van der Waals surface area contributed by atoms with Gasteiger partial charge in [0.15, 0.2) is 0 Å². The van der Waals surface area contributed by atoms with Gasteiger partial charge >= 0.3 is 0 Å². The van der Waals surface area contributed by atoms with Gasteiger partial charge in [0.05, 0.1) is 0 Å². The van der Waals surface area contributed by atoms with Crippen molar-refractivity contribution in [2.24, 2.45) is 0 Å². The molecule has 0 atom stereocenters. The molecule has 0 unspecified atom stereocenters. The summed E-state index contributed by atoms with van der Waals surface area (Å²) in [4.78, 5) is 0. The molecule has 0 aliphatic carbocycles. The molecule has 0 radical (unpaired) electrons. The Bertz CT molecular complexity index is 267. The lowest BCUT2D eigenvalue weighted by molar-refractivity contribution is 0.285. The van der Waals surface area contributed by atoms with Crippen LogP contribution in [0, 0.1) is 0 Å². The molecule has 0 aromatic carbocycles. The van der Waals surface area contributed by atoms with Gasteiger partial charge in [-0.25, -0.2) is 0 Å². The highest BCUT2D eigenvalue weighted by atomic mass is 16.2. The highest BCUT2D eigenvalue weighted by Gasteiger charge is 1.82. The lowest BCUT2D eigenvalue weighted by Gasteiger charge is -1.91. The summed E-state index contributed by atoms with van der Waals surface area (Å²) in [5.74, 6) is 0. The normalized spacial score (nSPS) is 12.7. The number of rotatable bonds is 14. The van der Waals surface area contributed by atoms with Crippen LogP contribution in [0.15, 0.2) is 48.6 Å². The van der Waals surface area contributed by atoms with Crippen LogP contribution in [0.25, 0.3) is 0 Å². The van der Waals surface area contributed by atoms with E-state index in [1.54, 1.807) is 0 Å². The second-order valence-corrected chi connectivity index (χ2v) is 5.31. The molecule has 0 saturated heterocycles. The predicted octanol–water partition coefficient (Wildman–Crippen LogP) is 6.12. The van der Waals surface area contributed by atoms with Crippen molar-refractivity contribution in [3.63, 3.8) is 0 Å². The molecule has 0 rings (SSSR count). The molecule has 1 nitrogen and oxygen atoms in total. The second-order valence-electron chi connectivity index (χ2n) is 5.31. The largest absolute Gasteiger partial charge is 0.396 e. The molecular formula is C20H34O. The van der Waals surface area contributed by atoms with Gasteiger partial charge in [-0.2, -0.15) is 0 Å². The second kappa shape index (κ2) is 18.9. The quantitative estimate of drug-likeness (QED) is 0.301. The van der Waals surface area contributed by atoms with Gasteiger partial charge in [-0.15, -0.1) is 0 Å². The summed E-state index contributed by atoms with van der Waals surface area (Å²) < 4.78 is 0. The van der Waals surface area contributed by atoms with Crippen molar-refractivity contribution in [3.05, 3.63) is 48.6 Å². The van der Waals surface area contributed by atoms with Crippen LogP contribution in [0.2, 0.25) is 0 Å². The van der Waals surface area contributed by atoms with E-state index in [1.807, 2.05) is 0 Å². The third kappa shape index (κ3) is 18.9. The van der Waals surface area contributed by atoms with E-state index in [2.05, 4.69) is 55.5 Å². The summed E-state index contributed by atoms with van der Waals surface area (Å²) in [7, 11) is 0. The zero-order valence-electron chi connectivity index (χ0n) is 13.8. The van der Waals surface area contributed by atoms with Gasteiger partial charge in [-0.3, -0.25) is 0 Å². The first-order valence-electron chi connectivity index (χ1n) is 8.62. The van der Waals surface area contributed by atoms with E-state index < -0.39 is 0 Å². The number of aliphatic hydroxyl groups is 1. The highest BCUT2D eigenvalue weighted by molar-refractivity contribution is 4.99. The Morgan fingerprint density at radius 2 is 1.00 bits per heavy atom. The van der Waals surface area contributed by atoms with E-state index in [1.165, 1.54) is 25.7 Å². The molecule has 1 N–H and O–H groups in total. The molecule has 0 aliphatic rings. The van der Waals surface area contributed by atoms with Gasteiger partial charge in [0.1, 0.15) is 0 Å². The van der Waals surface area contributed by atoms with E-state index in [4.69, 9.17) is 5.11 Å². The van der Waals surface area contributed by atoms with Crippen molar-refractivity contribution in [2.75, 3.05) is 6.61 Å². The lowest BCUT2D eigenvalue weighted by Crippen LogP contribution is -1.79. The summed E-state index contributed by atoms with van der Waals surface area (Å²) in [6.07, 6.45) is 29.3. The molecule has 0 aliphatic heterocycles. The van der Waals surface area contributed by atoms with Crippen molar-refractivity contribution >= 4 is 0 Å². The van der Waals surface area contributed by atoms with E-state index in [9.17, 15) is 0 Å². The molecule has 0 heterocycles. The Morgan fingerprint density at radius 3 is 1.43 bits per heavy atom. The van der Waals surface area contributed by atoms with Gasteiger partial charge in [-0.05, 0) is 51.4 Å². The third-order valence-electron chi connectivity index (χ3n) is 3.24. The highest BCUT2D eigenvalue weighted by Crippen LogP contribution is 2.01. The van der Waals surface area contributed by atoms with Crippen LogP contribution in [0.1, 0.15) is 71.1 Å². The maximum atomic E-state index is 8.65. The van der Waals surface area contributed by atoms with Gasteiger partial charge < -0.3 is 5.11 Å². The molecular weight excluding hydrogens is 256 g/mol. The summed E-state index contributed by atoms with van der Waals surface area (Å²) in [6.45, 7) is 2.56. The number of hydrogen-bond donors (Lipinski definition) is 1. The van der Waals surface area contributed by atoms with Crippen LogP contribution >= 0.6 is 0 Å². The maximum absolute atomic E-state index is 8.65. The maximum Gasteiger partial charge on any atom is 0.0431 e. The van der Waals surface area contributed by atoms with Crippen molar-refractivity contribution < 1.29 is 5.11 Å². The minimum absolute atomic E-state index is 0.313. The standard InChI is InChI=1S/C20H34O/c1-2-3-4-5-6-7-8-9-10-11-12-13-14-15-16-17-18-19-20-21/h6-7,9-10,12-13,15-16,21H,2-5,8,11,14,17-20H2,1H3/b7-6-,10-9?,13-12?,16-15?. The van der Waals surface area contributed by atoms with Crippen LogP contribution in [0.5, 0.6) is 0 Å². The Balaban J connectivity index is 3.35. The summed E-state index contributed by atoms with van der Waals surface area (Å²) in [5.41, 5.74) is 0. The van der Waals surface area contributed by atoms with Gasteiger partial charge in [0.25, 0.3) is 0 Å². The van der Waals surface area contributed by atoms with Crippen LogP contribution in [-0.4, -0.2) is 11.7 Å². The Labute approximate surface area is 132 Å². The van der Waals surface area contributed by atoms with Crippen LogP contribution in [0.4, 0.5) is 0 Å². The SMILES string of the molecule is CCCCC/C=C\CC=CCC=CCC=CCCCCO. The van der Waals surface area contributed by atoms with Crippen molar-refractivity contribution in [2.45, 2.75) is 71.1 Å². The summed E-state index contributed by atoms with van der Waals surface area (Å²) in [5, 5.41) is 8.65. The Morgan fingerprint density at radius 1 is 0.571 bits per heavy atom. The van der Waals surface area contributed by atoms with Gasteiger partial charge in [0, 0.05) is 6.61 Å². The number of hydrogen-bond acceptors (Lipinski definition) is 1. The zero-order chi connectivity index (χ0) is 15.4. The lowest BCUT2D eigenvalue weighted by atomic mass is 10.2. The molecule has 21 heavy (non-hydrogen) atoms. The molecule has 0 fully saturated rings. The Hall–Kier alpha value is -1.08. The molecule has 0 aromatic rings. The predicted molar refractivity (Wildman–Crippen MR) is 95.5 cm³/mol. The zero-order valence-corrected chi connectivity index (χ0v) is 13.8. The van der Waals surface area contributed by atoms with Crippen LogP contribution in [-0.2, 0) is 0 Å². The van der Waals surface area contributed by atoms with E-state index in [-0.39, 0.29) is 0 Å². The average molecular weight is 290 g/mol. The minimum Gasteiger partial charge on any atom is -0.396 e. The summed E-state index contributed by atoms with van der Waals surface area (Å²) >= 11 is 0. The molecule has 0 aromatic heterocycles. The molecule has 1 heteroatoms. The fraction of sp³-hybridized carbons (Fsp3) is 0.600. The fourth-order valence-corrected chi connectivity index (χ4v) is 1.93. The molecule has 0 saturated carbocycles. The number of unbranched alkanes of at least 4 members (excludes halogenated alkanes) is 5. The third-order valence-corrected chi connectivity index (χ3v) is 3.24. The van der Waals surface area contributed by atoms with Crippen LogP contribution < -0.4 is 0 Å². The van der Waals surface area contributed by atoms with Crippen molar-refractivity contribution in [3.8, 4) is 0 Å². The molecule has 120 valence electrons. The fourth-order valence-electron chi connectivity index (χ4n) is 1.93. The molecule has 0 amide bonds. The van der Waals surface area contributed by atoms with E-state index in [0.29, 0.717) is 6.61 Å². The van der Waals surface area contributed by atoms with E-state index >= 15 is 0 Å². The minimum atomic E-state index is 0.313.